The third kappa shape index (κ3) is 1.36. The highest BCUT2D eigenvalue weighted by Crippen LogP contribution is 2.30. The lowest BCUT2D eigenvalue weighted by molar-refractivity contribution is 0.325. The molecule has 2 aromatic rings. The highest BCUT2D eigenvalue weighted by molar-refractivity contribution is 5.87. The van der Waals surface area contributed by atoms with Crippen molar-refractivity contribution < 1.29 is 5.11 Å². The largest absolute Gasteiger partial charge is 0.381 e. The first-order valence-corrected chi connectivity index (χ1v) is 5.09. The molecule has 1 radical (unpaired) electrons. The Morgan fingerprint density at radius 1 is 1.00 bits per heavy atom. The summed E-state index contributed by atoms with van der Waals surface area (Å²) in [7, 11) is 0. The quantitative estimate of drug-likeness (QED) is 0.682. The van der Waals surface area contributed by atoms with Gasteiger partial charge in [-0.15, -0.1) is 0 Å². The molecule has 0 aromatic heterocycles. The average molecular weight is 195 g/mol. The van der Waals surface area contributed by atoms with Gasteiger partial charge in [0.05, 0.1) is 0 Å². The molecule has 0 heterocycles. The van der Waals surface area contributed by atoms with E-state index in [1.54, 1.807) is 0 Å². The van der Waals surface area contributed by atoms with Crippen LogP contribution in [0, 0.1) is 6.10 Å². The van der Waals surface area contributed by atoms with Gasteiger partial charge in [0, 0.05) is 6.42 Å². The second-order valence-corrected chi connectivity index (χ2v) is 3.84. The van der Waals surface area contributed by atoms with Gasteiger partial charge in [-0.2, -0.15) is 0 Å². The third-order valence-corrected chi connectivity index (χ3v) is 2.84. The van der Waals surface area contributed by atoms with Crippen LogP contribution < -0.4 is 0 Å². The zero-order valence-corrected chi connectivity index (χ0v) is 8.27. The van der Waals surface area contributed by atoms with E-state index >= 15 is 0 Å². The van der Waals surface area contributed by atoms with Gasteiger partial charge in [-0.3, -0.25) is 0 Å². The molecule has 0 unspecified atom stereocenters. The van der Waals surface area contributed by atoms with E-state index in [4.69, 9.17) is 0 Å². The van der Waals surface area contributed by atoms with Crippen molar-refractivity contribution in [1.82, 2.24) is 0 Å². The number of benzene rings is 2. The number of hydrogen-bond acceptors (Lipinski definition) is 1. The van der Waals surface area contributed by atoms with Gasteiger partial charge >= 0.3 is 0 Å². The predicted octanol–water partition coefficient (Wildman–Crippen LogP) is 3.51. The summed E-state index contributed by atoms with van der Waals surface area (Å²) < 4.78 is 0. The fourth-order valence-electron chi connectivity index (χ4n) is 2.05. The number of rotatable bonds is 0. The Morgan fingerprint density at radius 3 is 2.53 bits per heavy atom. The van der Waals surface area contributed by atoms with Gasteiger partial charge in [-0.25, -0.2) is 0 Å². The predicted molar refractivity (Wildman–Crippen MR) is 61.9 cm³/mol. The van der Waals surface area contributed by atoms with Gasteiger partial charge < -0.3 is 5.11 Å². The molecule has 1 aliphatic carbocycles. The minimum atomic E-state index is 0.471. The minimum absolute atomic E-state index is 0.471. The molecule has 2 aromatic carbocycles. The number of aliphatic hydroxyl groups is 1. The van der Waals surface area contributed by atoms with E-state index in [9.17, 15) is 5.11 Å². The van der Waals surface area contributed by atoms with E-state index in [1.807, 2.05) is 18.2 Å². The topological polar surface area (TPSA) is 20.2 Å². The fraction of sp³-hybridized carbons (Fsp3) is 0.0714. The normalized spacial score (nSPS) is 15.5. The van der Waals surface area contributed by atoms with Gasteiger partial charge in [-0.05, 0) is 34.0 Å². The van der Waals surface area contributed by atoms with Crippen LogP contribution in [0.5, 0.6) is 0 Å². The third-order valence-electron chi connectivity index (χ3n) is 2.84. The van der Waals surface area contributed by atoms with Crippen molar-refractivity contribution in [3.8, 4) is 0 Å². The van der Waals surface area contributed by atoms with Crippen LogP contribution in [-0.4, -0.2) is 5.11 Å². The van der Waals surface area contributed by atoms with Crippen molar-refractivity contribution in [3.05, 3.63) is 59.7 Å². The van der Waals surface area contributed by atoms with E-state index in [-0.39, 0.29) is 0 Å². The highest BCUT2D eigenvalue weighted by Gasteiger charge is 2.15. The molecule has 73 valence electrons. The van der Waals surface area contributed by atoms with Crippen LogP contribution in [-0.2, 0) is 0 Å². The molecule has 0 saturated carbocycles. The van der Waals surface area contributed by atoms with Crippen LogP contribution in [0.25, 0.3) is 16.8 Å². The zero-order valence-electron chi connectivity index (χ0n) is 8.27. The molecule has 0 bridgehead atoms. The Bertz CT molecular complexity index is 540. The summed E-state index contributed by atoms with van der Waals surface area (Å²) in [4.78, 5) is 0. The Morgan fingerprint density at radius 2 is 1.73 bits per heavy atom. The first-order valence-electron chi connectivity index (χ1n) is 5.09. The maximum absolute atomic E-state index is 9.79. The second-order valence-electron chi connectivity index (χ2n) is 3.84. The molecule has 1 aliphatic rings. The van der Waals surface area contributed by atoms with Crippen LogP contribution in [0.15, 0.2) is 42.5 Å². The van der Waals surface area contributed by atoms with Gasteiger partial charge in [0.25, 0.3) is 0 Å². The standard InChI is InChI=1S/C14H11O/c15-14-7-3-6-12-8-10-4-1-2-5-11(10)9-13(12)14/h1-6,8-9,15H,7H2. The van der Waals surface area contributed by atoms with Crippen molar-refractivity contribution in [3.63, 3.8) is 0 Å². The Balaban J connectivity index is 2.33. The molecule has 1 nitrogen and oxygen atoms in total. The molecule has 3 rings (SSSR count). The van der Waals surface area contributed by atoms with Crippen molar-refractivity contribution in [2.75, 3.05) is 0 Å². The molecule has 0 aliphatic heterocycles. The first-order chi connectivity index (χ1) is 7.34. The van der Waals surface area contributed by atoms with E-state index in [1.165, 1.54) is 10.8 Å². The molecule has 0 amide bonds. The first kappa shape index (κ1) is 8.69. The monoisotopic (exact) mass is 195 g/mol. The SMILES string of the molecule is O[C]1CC=Cc2cc3ccccc3cc21. The number of fused-ring (bicyclic) bond motifs is 2. The molecule has 0 spiro atoms. The molecular weight excluding hydrogens is 184 g/mol. The van der Waals surface area contributed by atoms with Crippen molar-refractivity contribution in [2.24, 2.45) is 0 Å². The Labute approximate surface area is 88.7 Å². The van der Waals surface area contributed by atoms with Crippen LogP contribution in [0.3, 0.4) is 0 Å². The number of hydrogen-bond donors (Lipinski definition) is 1. The van der Waals surface area contributed by atoms with Gasteiger partial charge in [0.2, 0.25) is 0 Å². The van der Waals surface area contributed by atoms with Crippen molar-refractivity contribution in [2.45, 2.75) is 6.42 Å². The summed E-state index contributed by atoms with van der Waals surface area (Å²) in [5.74, 6) is 0. The Kier molecular flexibility index (Phi) is 1.86. The molecular formula is C14H11O. The zero-order chi connectivity index (χ0) is 10.3. The molecule has 0 atom stereocenters. The summed E-state index contributed by atoms with van der Waals surface area (Å²) in [6.07, 6.45) is 5.18. The second kappa shape index (κ2) is 3.21. The van der Waals surface area contributed by atoms with Gasteiger partial charge in [-0.1, -0.05) is 36.4 Å². The highest BCUT2D eigenvalue weighted by atomic mass is 16.3. The van der Waals surface area contributed by atoms with E-state index in [0.717, 1.165) is 11.1 Å². The van der Waals surface area contributed by atoms with Gasteiger partial charge in [0.15, 0.2) is 0 Å². The molecule has 1 N–H and O–H groups in total. The summed E-state index contributed by atoms with van der Waals surface area (Å²) >= 11 is 0. The summed E-state index contributed by atoms with van der Waals surface area (Å²) in [5, 5.41) is 12.2. The summed E-state index contributed by atoms with van der Waals surface area (Å²) in [6.45, 7) is 0. The van der Waals surface area contributed by atoms with Crippen LogP contribution in [0.4, 0.5) is 0 Å². The minimum Gasteiger partial charge on any atom is -0.381 e. The van der Waals surface area contributed by atoms with Crippen molar-refractivity contribution in [1.29, 1.82) is 0 Å². The lowest BCUT2D eigenvalue weighted by Crippen LogP contribution is -2.03. The average Bonchev–Trinajstić information content (AvgIpc) is 2.27. The fourth-order valence-corrected chi connectivity index (χ4v) is 2.05. The Hall–Kier alpha value is -1.60. The smallest absolute Gasteiger partial charge is 0.127 e. The van der Waals surface area contributed by atoms with Crippen LogP contribution in [0.1, 0.15) is 17.5 Å². The van der Waals surface area contributed by atoms with E-state index in [0.29, 0.717) is 12.5 Å². The molecule has 0 saturated heterocycles. The summed E-state index contributed by atoms with van der Waals surface area (Å²) in [5.41, 5.74) is 2.08. The van der Waals surface area contributed by atoms with E-state index < -0.39 is 0 Å². The molecule has 0 fully saturated rings. The maximum atomic E-state index is 9.79. The summed E-state index contributed by atoms with van der Waals surface area (Å²) in [6, 6.07) is 12.4. The molecule has 15 heavy (non-hydrogen) atoms. The van der Waals surface area contributed by atoms with Gasteiger partial charge in [0.1, 0.15) is 6.10 Å². The van der Waals surface area contributed by atoms with Crippen molar-refractivity contribution >= 4 is 16.8 Å². The van der Waals surface area contributed by atoms with E-state index in [2.05, 4.69) is 30.3 Å². The van der Waals surface area contributed by atoms with Crippen LogP contribution in [0.2, 0.25) is 0 Å². The lowest BCUT2D eigenvalue weighted by atomic mass is 9.92. The molecule has 1 heteroatoms. The van der Waals surface area contributed by atoms with Crippen LogP contribution >= 0.6 is 0 Å². The number of aliphatic hydroxyl groups excluding tert-OH is 1. The lowest BCUT2D eigenvalue weighted by Gasteiger charge is -2.16. The maximum Gasteiger partial charge on any atom is 0.127 e.